The van der Waals surface area contributed by atoms with E-state index in [-0.39, 0.29) is 19.2 Å². The minimum absolute atomic E-state index is 0.332. The van der Waals surface area contributed by atoms with Gasteiger partial charge < -0.3 is 43.2 Å². The van der Waals surface area contributed by atoms with Gasteiger partial charge in [-0.15, -0.1) is 0 Å². The van der Waals surface area contributed by atoms with Crippen LogP contribution in [0, 0.1) is 11.5 Å². The second-order valence-corrected chi connectivity index (χ2v) is 8.93. The fourth-order valence-corrected chi connectivity index (χ4v) is 4.12. The number of nitriles is 1. The maximum atomic E-state index is 11.9. The quantitative estimate of drug-likeness (QED) is 0.0788. The number of aliphatic imine (C=N–C) groups is 1. The molecule has 0 unspecified atom stereocenters. The normalized spacial score (nSPS) is 29.0. The summed E-state index contributed by atoms with van der Waals surface area (Å²) in [6.45, 7) is 5.89. The van der Waals surface area contributed by atoms with E-state index in [1.165, 1.54) is 0 Å². The van der Waals surface area contributed by atoms with Crippen molar-refractivity contribution in [1.82, 2.24) is 10.6 Å². The highest BCUT2D eigenvalue weighted by atomic mass is 16.7. The zero-order chi connectivity index (χ0) is 31.6. The van der Waals surface area contributed by atoms with E-state index in [2.05, 4.69) is 15.6 Å². The summed E-state index contributed by atoms with van der Waals surface area (Å²) >= 11 is 0. The molecule has 2 fully saturated rings. The van der Waals surface area contributed by atoms with Crippen LogP contribution in [0.4, 0.5) is 0 Å². The van der Waals surface area contributed by atoms with Gasteiger partial charge in [0.25, 0.3) is 0 Å². The van der Waals surface area contributed by atoms with Gasteiger partial charge in [-0.2, -0.15) is 5.26 Å². The van der Waals surface area contributed by atoms with Gasteiger partial charge in [0.15, 0.2) is 55.3 Å². The monoisotopic (exact) mass is 600 g/mol. The lowest BCUT2D eigenvalue weighted by atomic mass is 10.0. The summed E-state index contributed by atoms with van der Waals surface area (Å²) in [6, 6.07) is 0. The van der Waals surface area contributed by atoms with Crippen molar-refractivity contribution < 1.29 is 66.7 Å². The Morgan fingerprint density at radius 3 is 1.50 bits per heavy atom. The largest absolute Gasteiger partial charge is 0.456 e. The van der Waals surface area contributed by atoms with Gasteiger partial charge in [-0.05, 0) is 0 Å². The Balaban J connectivity index is 2.46. The minimum atomic E-state index is -1.46. The lowest BCUT2D eigenvalue weighted by molar-refractivity contribution is -0.228. The van der Waals surface area contributed by atoms with Crippen LogP contribution < -0.4 is 10.6 Å². The van der Waals surface area contributed by atoms with E-state index in [9.17, 15) is 34.0 Å². The van der Waals surface area contributed by atoms with Gasteiger partial charge in [0.05, 0.1) is 13.2 Å². The number of guanidine groups is 1. The van der Waals surface area contributed by atoms with Crippen LogP contribution in [-0.2, 0) is 66.7 Å². The fourth-order valence-electron chi connectivity index (χ4n) is 4.12. The molecule has 0 aliphatic carbocycles. The highest BCUT2D eigenvalue weighted by Crippen LogP contribution is 2.26. The maximum absolute atomic E-state index is 11.9. The Morgan fingerprint density at radius 2 is 1.05 bits per heavy atom. The Labute approximate surface area is 239 Å². The topological polar surface area (TPSA) is 236 Å². The van der Waals surface area contributed by atoms with Crippen LogP contribution in [-0.4, -0.2) is 104 Å². The van der Waals surface area contributed by atoms with E-state index in [0.29, 0.717) is 0 Å². The molecule has 0 aromatic rings. The number of carbonyl (C=O) groups is 6. The van der Waals surface area contributed by atoms with Gasteiger partial charge in [-0.25, -0.2) is 4.99 Å². The SMILES string of the molecule is CC(=O)O[C@@H]1[C@@H](OC(C)=O)[C@H](OC(C)=O)CO[C@H]1/N=C(\NC#N)N[C@@H]1OC[C@@H](OC(C)=O)[C@H](OC(C)=O)[C@H]1OC(C)=O. The first-order valence-corrected chi connectivity index (χ1v) is 12.5. The predicted octanol–water partition coefficient (Wildman–Crippen LogP) is -1.69. The highest BCUT2D eigenvalue weighted by molar-refractivity contribution is 5.81. The zero-order valence-electron chi connectivity index (χ0n) is 23.6. The molecule has 0 saturated carbocycles. The maximum Gasteiger partial charge on any atom is 0.303 e. The third kappa shape index (κ3) is 10.2. The molecule has 2 N–H and O–H groups in total. The number of hydrogen-bond donors (Lipinski definition) is 2. The molecule has 0 amide bonds. The van der Waals surface area contributed by atoms with E-state index in [1.54, 1.807) is 6.19 Å². The molecular weight excluding hydrogens is 568 g/mol. The lowest BCUT2D eigenvalue weighted by Crippen LogP contribution is -2.63. The van der Waals surface area contributed by atoms with Crippen molar-refractivity contribution in [3.05, 3.63) is 0 Å². The number of esters is 6. The molecule has 0 spiro atoms. The van der Waals surface area contributed by atoms with E-state index in [4.69, 9.17) is 37.9 Å². The number of nitrogens with one attached hydrogen (secondary N) is 2. The standard InChI is InChI=1S/C24H32N4O14/c1-10(29)37-16-7-35-22(20(41-14(5)33)18(16)39-12(3)31)27-24(26-9-25)28-23-21(42-15(6)34)19(40-13(4)32)17(8-36-23)38-11(2)30/h16-23H,7-8H2,1-6H3,(H2,26,27,28)/t16-,17-,18+,19+,20-,21-,22-,23-/m1/s1. The number of rotatable bonds is 8. The second-order valence-electron chi connectivity index (χ2n) is 8.93. The molecule has 2 rings (SSSR count). The molecular formula is C24H32N4O14. The lowest BCUT2D eigenvalue weighted by Gasteiger charge is -2.41. The van der Waals surface area contributed by atoms with Gasteiger partial charge >= 0.3 is 35.8 Å². The Hall–Kier alpha value is -4.50. The summed E-state index contributed by atoms with van der Waals surface area (Å²) in [6.07, 6.45) is -9.04. The predicted molar refractivity (Wildman–Crippen MR) is 132 cm³/mol. The average Bonchev–Trinajstić information content (AvgIpc) is 2.84. The summed E-state index contributed by atoms with van der Waals surface area (Å²) in [4.78, 5) is 74.9. The first-order chi connectivity index (χ1) is 19.7. The van der Waals surface area contributed by atoms with Crippen LogP contribution in [0.3, 0.4) is 0 Å². The molecule has 0 aromatic carbocycles. The zero-order valence-corrected chi connectivity index (χ0v) is 23.6. The minimum Gasteiger partial charge on any atom is -0.456 e. The van der Waals surface area contributed by atoms with Crippen LogP contribution in [0.2, 0.25) is 0 Å². The first-order valence-electron chi connectivity index (χ1n) is 12.5. The average molecular weight is 601 g/mol. The van der Waals surface area contributed by atoms with Crippen LogP contribution in [0.5, 0.6) is 0 Å². The molecule has 0 radical (unpaired) electrons. The molecule has 18 heteroatoms. The number of carbonyl (C=O) groups excluding carboxylic acids is 6. The van der Waals surface area contributed by atoms with Crippen molar-refractivity contribution in [3.63, 3.8) is 0 Å². The Bertz CT molecular complexity index is 1120. The van der Waals surface area contributed by atoms with Crippen molar-refractivity contribution in [2.24, 2.45) is 4.99 Å². The number of ether oxygens (including phenoxy) is 8. The van der Waals surface area contributed by atoms with Crippen molar-refractivity contribution >= 4 is 41.8 Å². The Kier molecular flexibility index (Phi) is 12.4. The summed E-state index contributed by atoms with van der Waals surface area (Å²) in [7, 11) is 0. The number of hydrogen-bond acceptors (Lipinski definition) is 16. The van der Waals surface area contributed by atoms with Crippen molar-refractivity contribution in [2.45, 2.75) is 90.6 Å². The van der Waals surface area contributed by atoms with Gasteiger partial charge in [0.1, 0.15) is 0 Å². The molecule has 232 valence electrons. The fraction of sp³-hybridized carbons (Fsp3) is 0.667. The van der Waals surface area contributed by atoms with Crippen LogP contribution >= 0.6 is 0 Å². The van der Waals surface area contributed by atoms with E-state index >= 15 is 0 Å². The third-order valence-electron chi connectivity index (χ3n) is 5.38. The van der Waals surface area contributed by atoms with Gasteiger partial charge in [0, 0.05) is 41.5 Å². The number of nitrogens with zero attached hydrogens (tertiary/aromatic N) is 2. The first kappa shape index (κ1) is 33.7. The van der Waals surface area contributed by atoms with E-state index < -0.39 is 84.9 Å². The molecule has 2 aliphatic heterocycles. The van der Waals surface area contributed by atoms with E-state index in [0.717, 1.165) is 41.5 Å². The van der Waals surface area contributed by atoms with Gasteiger partial charge in [-0.1, -0.05) is 0 Å². The highest BCUT2D eigenvalue weighted by Gasteiger charge is 2.49. The summed E-state index contributed by atoms with van der Waals surface area (Å²) in [5.74, 6) is -5.02. The van der Waals surface area contributed by atoms with Crippen LogP contribution in [0.25, 0.3) is 0 Å². The van der Waals surface area contributed by atoms with Crippen LogP contribution in [0.1, 0.15) is 41.5 Å². The smallest absolute Gasteiger partial charge is 0.303 e. The van der Waals surface area contributed by atoms with Crippen molar-refractivity contribution in [3.8, 4) is 6.19 Å². The molecule has 2 heterocycles. The Morgan fingerprint density at radius 1 is 0.643 bits per heavy atom. The molecule has 8 atom stereocenters. The van der Waals surface area contributed by atoms with Gasteiger partial charge in [-0.3, -0.25) is 34.1 Å². The molecule has 2 aliphatic rings. The van der Waals surface area contributed by atoms with E-state index in [1.807, 2.05) is 0 Å². The van der Waals surface area contributed by atoms with Crippen LogP contribution in [0.15, 0.2) is 4.99 Å². The third-order valence-corrected chi connectivity index (χ3v) is 5.38. The molecule has 2 saturated heterocycles. The molecule has 18 nitrogen and oxygen atoms in total. The second kappa shape index (κ2) is 15.5. The van der Waals surface area contributed by atoms with Crippen molar-refractivity contribution in [1.29, 1.82) is 5.26 Å². The summed E-state index contributed by atoms with van der Waals surface area (Å²) < 4.78 is 42.8. The van der Waals surface area contributed by atoms with Crippen molar-refractivity contribution in [2.75, 3.05) is 13.2 Å². The summed E-state index contributed by atoms with van der Waals surface area (Å²) in [5.41, 5.74) is 0. The molecule has 0 aromatic heterocycles. The molecule has 0 bridgehead atoms. The molecule has 42 heavy (non-hydrogen) atoms. The van der Waals surface area contributed by atoms with Gasteiger partial charge in [0.2, 0.25) is 5.96 Å². The summed E-state index contributed by atoms with van der Waals surface area (Å²) in [5, 5.41) is 14.3.